The van der Waals surface area contributed by atoms with E-state index in [4.69, 9.17) is 0 Å². The molecule has 0 aromatic carbocycles. The van der Waals surface area contributed by atoms with Crippen molar-refractivity contribution in [2.45, 2.75) is 59.0 Å². The van der Waals surface area contributed by atoms with E-state index < -0.39 is 0 Å². The molecule has 0 atom stereocenters. The van der Waals surface area contributed by atoms with Crippen LogP contribution in [-0.4, -0.2) is 44.8 Å². The Morgan fingerprint density at radius 2 is 1.50 bits per heavy atom. The first-order valence-corrected chi connectivity index (χ1v) is 7.58. The Labute approximate surface area is 156 Å². The van der Waals surface area contributed by atoms with E-state index in [1.807, 2.05) is 20.8 Å². The second-order valence-electron chi connectivity index (χ2n) is 5.37. The summed E-state index contributed by atoms with van der Waals surface area (Å²) in [5.41, 5.74) is 0. The molecule has 0 saturated heterocycles. The summed E-state index contributed by atoms with van der Waals surface area (Å²) in [5, 5.41) is 8.30. The fraction of sp³-hybridized carbons (Fsp3) is 0.938. The molecular formula is C16H36LaN3-3. The molecule has 0 aromatic heterocycles. The van der Waals surface area contributed by atoms with Crippen molar-refractivity contribution < 1.29 is 35.6 Å². The molecule has 3 nitrogen and oxygen atoms in total. The van der Waals surface area contributed by atoms with Crippen LogP contribution in [0, 0.1) is 48.9 Å². The molecule has 0 unspecified atom stereocenters. The number of nitrogens with zero attached hydrogens (tertiary/aromatic N) is 3. The maximum atomic E-state index is 4.15. The molecule has 1 saturated carbocycles. The molecule has 1 aliphatic carbocycles. The molecule has 0 spiro atoms. The zero-order chi connectivity index (χ0) is 13.8. The van der Waals surface area contributed by atoms with Crippen LogP contribution >= 0.6 is 0 Å². The zero-order valence-electron chi connectivity index (χ0n) is 14.7. The van der Waals surface area contributed by atoms with Crippen molar-refractivity contribution in [1.82, 2.24) is 4.90 Å². The summed E-state index contributed by atoms with van der Waals surface area (Å²) in [4.78, 5) is 2.29. The van der Waals surface area contributed by atoms with Crippen LogP contribution in [0.15, 0.2) is 0 Å². The van der Waals surface area contributed by atoms with Crippen LogP contribution in [0.4, 0.5) is 0 Å². The van der Waals surface area contributed by atoms with Gasteiger partial charge >= 0.3 is 0 Å². The monoisotopic (exact) mass is 409 g/mol. The Morgan fingerprint density at radius 1 is 1.05 bits per heavy atom. The third-order valence-corrected chi connectivity index (χ3v) is 3.35. The maximum absolute atomic E-state index is 4.15. The standard InChI is InChI=1S/C9H19N.C6H14N2.CH3.La/c1-10(2)8-7-9-5-3-4-6-9;1-4-7-6(3)8-5-2;;/h9H,3-8H2,1-2H3;6H,4-5H2,1-3H3;1H3;/q;-2;-1;. The number of hydrogen-bond donors (Lipinski definition) is 0. The molecule has 0 aromatic rings. The van der Waals surface area contributed by atoms with Gasteiger partial charge in [-0.25, -0.2) is 6.17 Å². The van der Waals surface area contributed by atoms with Crippen molar-refractivity contribution in [2.75, 3.05) is 33.7 Å². The van der Waals surface area contributed by atoms with Crippen LogP contribution in [0.1, 0.15) is 52.9 Å². The third-order valence-electron chi connectivity index (χ3n) is 3.35. The Balaban J connectivity index is -0.000000269. The molecule has 4 heteroatoms. The Bertz CT molecular complexity index is 165. The van der Waals surface area contributed by atoms with E-state index in [-0.39, 0.29) is 49.2 Å². The van der Waals surface area contributed by atoms with Gasteiger partial charge in [0, 0.05) is 35.6 Å². The smallest absolute Gasteiger partial charge is 0 e. The van der Waals surface area contributed by atoms with Crippen molar-refractivity contribution in [3.05, 3.63) is 18.1 Å². The van der Waals surface area contributed by atoms with Crippen LogP contribution in [0.3, 0.4) is 0 Å². The van der Waals surface area contributed by atoms with Crippen LogP contribution < -0.4 is 0 Å². The number of hydrogen-bond acceptors (Lipinski definition) is 1. The molecule has 1 rings (SSSR count). The van der Waals surface area contributed by atoms with Crippen molar-refractivity contribution in [3.63, 3.8) is 0 Å². The average molecular weight is 409 g/mol. The topological polar surface area (TPSA) is 31.4 Å². The van der Waals surface area contributed by atoms with Gasteiger partial charge in [-0.1, -0.05) is 39.5 Å². The summed E-state index contributed by atoms with van der Waals surface area (Å²) in [6.07, 6.45) is 7.59. The fourth-order valence-corrected chi connectivity index (χ4v) is 2.33. The van der Waals surface area contributed by atoms with Crippen molar-refractivity contribution in [3.8, 4) is 0 Å². The Morgan fingerprint density at radius 3 is 1.85 bits per heavy atom. The fourth-order valence-electron chi connectivity index (χ4n) is 2.33. The molecule has 0 amide bonds. The van der Waals surface area contributed by atoms with Gasteiger partial charge in [0.15, 0.2) is 0 Å². The summed E-state index contributed by atoms with van der Waals surface area (Å²) in [6, 6.07) is 0. The van der Waals surface area contributed by atoms with E-state index in [1.54, 1.807) is 0 Å². The Kier molecular flexibility index (Phi) is 23.6. The Hall–Kier alpha value is 1.07. The molecule has 0 aliphatic heterocycles. The molecule has 1 fully saturated rings. The summed E-state index contributed by atoms with van der Waals surface area (Å²) in [7, 11) is 4.32. The van der Waals surface area contributed by atoms with Gasteiger partial charge in [0.05, 0.1) is 0 Å². The minimum Gasteiger partial charge on any atom is -0.678 e. The number of rotatable bonds is 7. The quantitative estimate of drug-likeness (QED) is 0.561. The predicted octanol–water partition coefficient (Wildman–Crippen LogP) is 4.70. The van der Waals surface area contributed by atoms with Gasteiger partial charge in [-0.3, -0.25) is 0 Å². The maximum Gasteiger partial charge on any atom is 0 e. The summed E-state index contributed by atoms with van der Waals surface area (Å²) in [6.45, 7) is 9.11. The van der Waals surface area contributed by atoms with Crippen molar-refractivity contribution >= 4 is 0 Å². The normalized spacial score (nSPS) is 14.6. The second kappa shape index (κ2) is 18.1. The average Bonchev–Trinajstić information content (AvgIpc) is 2.81. The molecular weight excluding hydrogens is 373 g/mol. The molecule has 0 N–H and O–H groups in total. The first kappa shape index (κ1) is 26.0. The van der Waals surface area contributed by atoms with E-state index in [1.165, 1.54) is 38.6 Å². The van der Waals surface area contributed by atoms with E-state index in [2.05, 4.69) is 29.6 Å². The van der Waals surface area contributed by atoms with E-state index in [0.717, 1.165) is 19.0 Å². The van der Waals surface area contributed by atoms with E-state index in [0.29, 0.717) is 0 Å². The first-order chi connectivity index (χ1) is 8.60. The molecule has 1 aliphatic rings. The minimum absolute atomic E-state index is 0. The zero-order valence-corrected chi connectivity index (χ0v) is 18.4. The van der Waals surface area contributed by atoms with Gasteiger partial charge in [-0.05, 0) is 33.0 Å². The van der Waals surface area contributed by atoms with Gasteiger partial charge in [0.25, 0.3) is 0 Å². The molecule has 1 radical (unpaired) electrons. The van der Waals surface area contributed by atoms with Gasteiger partial charge in [-0.2, -0.15) is 13.1 Å². The van der Waals surface area contributed by atoms with Gasteiger partial charge in [0.1, 0.15) is 0 Å². The summed E-state index contributed by atoms with van der Waals surface area (Å²) in [5.74, 6) is 1.06. The molecule has 20 heavy (non-hydrogen) atoms. The first-order valence-electron chi connectivity index (χ1n) is 7.58. The summed E-state index contributed by atoms with van der Waals surface area (Å²) < 4.78 is 0. The molecule has 121 valence electrons. The van der Waals surface area contributed by atoms with Crippen LogP contribution in [0.2, 0.25) is 0 Å². The summed E-state index contributed by atoms with van der Waals surface area (Å²) >= 11 is 0. The third kappa shape index (κ3) is 17.1. The predicted molar refractivity (Wildman–Crippen MR) is 88.8 cm³/mol. The van der Waals surface area contributed by atoms with E-state index >= 15 is 0 Å². The van der Waals surface area contributed by atoms with Crippen molar-refractivity contribution in [1.29, 1.82) is 0 Å². The minimum atomic E-state index is 0. The van der Waals surface area contributed by atoms with Crippen LogP contribution in [-0.2, 0) is 0 Å². The largest absolute Gasteiger partial charge is 0.678 e. The van der Waals surface area contributed by atoms with Gasteiger partial charge < -0.3 is 23.0 Å². The van der Waals surface area contributed by atoms with Crippen LogP contribution in [0.25, 0.3) is 10.6 Å². The second-order valence-corrected chi connectivity index (χ2v) is 5.37. The van der Waals surface area contributed by atoms with Gasteiger partial charge in [0.2, 0.25) is 0 Å². The molecule has 0 heterocycles. The SMILES string of the molecule is CC[N-]C(C)[N-]CC.CN(C)CCC1CCCC1.[CH3-].[La]. The van der Waals surface area contributed by atoms with Gasteiger partial charge in [-0.15, -0.1) is 6.92 Å². The molecule has 0 bridgehead atoms. The van der Waals surface area contributed by atoms with E-state index in [9.17, 15) is 0 Å². The van der Waals surface area contributed by atoms with Crippen molar-refractivity contribution in [2.24, 2.45) is 5.92 Å². The van der Waals surface area contributed by atoms with Crippen LogP contribution in [0.5, 0.6) is 0 Å².